The lowest BCUT2D eigenvalue weighted by atomic mass is 9.85. The van der Waals surface area contributed by atoms with Crippen LogP contribution in [-0.4, -0.2) is 40.3 Å². The van der Waals surface area contributed by atoms with Crippen LogP contribution in [0.1, 0.15) is 56.5 Å². The Hall–Kier alpha value is -2.19. The van der Waals surface area contributed by atoms with Gasteiger partial charge in [-0.15, -0.1) is 0 Å². The number of carbonyl (C=O) groups excluding carboxylic acids is 1. The van der Waals surface area contributed by atoms with Crippen LogP contribution in [0.4, 0.5) is 11.6 Å². The molecule has 2 aliphatic heterocycles. The first kappa shape index (κ1) is 23.9. The van der Waals surface area contributed by atoms with E-state index >= 15 is 0 Å². The summed E-state index contributed by atoms with van der Waals surface area (Å²) in [6, 6.07) is 7.25. The summed E-state index contributed by atoms with van der Waals surface area (Å²) in [5, 5.41) is 8.28. The Morgan fingerprint density at radius 3 is 2.76 bits per heavy atom. The van der Waals surface area contributed by atoms with E-state index in [4.69, 9.17) is 14.8 Å². The number of nitrogens with zero attached hydrogens (tertiary/aromatic N) is 4. The number of rotatable bonds is 5. The largest absolute Gasteiger partial charge is 0.360 e. The minimum absolute atomic E-state index is 0.226. The number of carbonyl (C=O) groups is 1. The quantitative estimate of drug-likeness (QED) is 0.474. The molecule has 0 unspecified atom stereocenters. The molecule has 2 aromatic rings. The van der Waals surface area contributed by atoms with Crippen molar-refractivity contribution in [2.45, 2.75) is 91.5 Å². The molecule has 0 aromatic carbocycles. The van der Waals surface area contributed by atoms with Crippen molar-refractivity contribution < 1.29 is 9.53 Å². The molecule has 2 aromatic heterocycles. The number of amides is 1. The van der Waals surface area contributed by atoms with Gasteiger partial charge in [-0.05, 0) is 37.4 Å². The summed E-state index contributed by atoms with van der Waals surface area (Å²) in [5.74, 6) is 1.82. The zero-order valence-corrected chi connectivity index (χ0v) is 21.9. The number of fused-ring (bicyclic) bond motifs is 3. The van der Waals surface area contributed by atoms with Gasteiger partial charge in [0.15, 0.2) is 5.82 Å². The van der Waals surface area contributed by atoms with Crippen LogP contribution in [0.3, 0.4) is 0 Å². The third kappa shape index (κ3) is 5.84. The van der Waals surface area contributed by atoms with E-state index in [1.807, 2.05) is 15.6 Å². The van der Waals surface area contributed by atoms with Gasteiger partial charge in [-0.2, -0.15) is 5.10 Å². The molecule has 8 heteroatoms. The van der Waals surface area contributed by atoms with Crippen molar-refractivity contribution >= 4 is 25.6 Å². The van der Waals surface area contributed by atoms with Gasteiger partial charge < -0.3 is 15.0 Å². The van der Waals surface area contributed by atoms with Crippen molar-refractivity contribution in [1.29, 1.82) is 0 Å². The summed E-state index contributed by atoms with van der Waals surface area (Å²) in [7, 11) is -1.15. The van der Waals surface area contributed by atoms with E-state index in [2.05, 4.69) is 50.9 Å². The Kier molecular flexibility index (Phi) is 6.95. The van der Waals surface area contributed by atoms with Gasteiger partial charge in [0.1, 0.15) is 12.5 Å². The molecule has 0 aliphatic carbocycles. The Bertz CT molecular complexity index is 995. The average Bonchev–Trinajstić information content (AvgIpc) is 3.30. The molecule has 0 saturated heterocycles. The zero-order chi connectivity index (χ0) is 23.6. The summed E-state index contributed by atoms with van der Waals surface area (Å²) in [6.07, 6.45) is 5.11. The molecule has 180 valence electrons. The minimum Gasteiger partial charge on any atom is -0.360 e. The van der Waals surface area contributed by atoms with Gasteiger partial charge in [0.05, 0.1) is 18.8 Å². The third-order valence-electron chi connectivity index (χ3n) is 6.72. The van der Waals surface area contributed by atoms with Crippen molar-refractivity contribution in [3.8, 4) is 0 Å². The topological polar surface area (TPSA) is 72.3 Å². The summed E-state index contributed by atoms with van der Waals surface area (Å²) in [5.41, 5.74) is 2.88. The maximum absolute atomic E-state index is 13.4. The van der Waals surface area contributed by atoms with Crippen molar-refractivity contribution in [3.05, 3.63) is 35.2 Å². The number of anilines is 2. The fraction of sp³-hybridized carbons (Fsp3) is 0.640. The first-order chi connectivity index (χ1) is 15.6. The lowest BCUT2D eigenvalue weighted by Gasteiger charge is -2.29. The standard InChI is InChI=1S/C25H39N5O2Si/c1-25(2)13-8-6-7-10-19-11-9-12-22(26-19)27-23-20-16-29(24(25)31)17-21(20)30(28-23)18-32-14-15-33(3,4)5/h9,11-12H,6-8,10,13-18H2,1-5H3,(H,26,27,28). The number of hydrogen-bond acceptors (Lipinski definition) is 5. The maximum atomic E-state index is 13.4. The second-order valence-corrected chi connectivity index (χ2v) is 17.0. The number of hydrogen-bond donors (Lipinski definition) is 1. The molecule has 0 saturated carbocycles. The van der Waals surface area contributed by atoms with Gasteiger partial charge in [-0.3, -0.25) is 4.79 Å². The van der Waals surface area contributed by atoms with Crippen LogP contribution in [0.2, 0.25) is 25.7 Å². The first-order valence-corrected chi connectivity index (χ1v) is 16.0. The molecule has 1 amide bonds. The molecule has 7 nitrogen and oxygen atoms in total. The van der Waals surface area contributed by atoms with Crippen LogP contribution in [0, 0.1) is 5.41 Å². The summed E-state index contributed by atoms with van der Waals surface area (Å²) >= 11 is 0. The molecule has 4 rings (SSSR count). The van der Waals surface area contributed by atoms with E-state index in [0.29, 0.717) is 19.8 Å². The van der Waals surface area contributed by atoms with Crippen LogP contribution >= 0.6 is 0 Å². The number of aromatic nitrogens is 3. The van der Waals surface area contributed by atoms with Crippen LogP contribution in [0.5, 0.6) is 0 Å². The highest BCUT2D eigenvalue weighted by molar-refractivity contribution is 6.76. The first-order valence-electron chi connectivity index (χ1n) is 12.3. The summed E-state index contributed by atoms with van der Waals surface area (Å²) in [4.78, 5) is 20.2. The summed E-state index contributed by atoms with van der Waals surface area (Å²) < 4.78 is 7.95. The van der Waals surface area contributed by atoms with E-state index in [9.17, 15) is 4.79 Å². The highest BCUT2D eigenvalue weighted by atomic mass is 28.3. The van der Waals surface area contributed by atoms with Gasteiger partial charge in [0, 0.05) is 31.4 Å². The molecule has 2 aliphatic rings. The van der Waals surface area contributed by atoms with Crippen molar-refractivity contribution in [3.63, 3.8) is 0 Å². The highest BCUT2D eigenvalue weighted by Gasteiger charge is 2.37. The minimum atomic E-state index is -1.15. The Morgan fingerprint density at radius 1 is 1.15 bits per heavy atom. The van der Waals surface area contributed by atoms with Crippen molar-refractivity contribution in [2.24, 2.45) is 5.41 Å². The molecule has 0 atom stereocenters. The van der Waals surface area contributed by atoms with Gasteiger partial charge in [0.25, 0.3) is 0 Å². The molecule has 4 heterocycles. The van der Waals surface area contributed by atoms with E-state index in [1.165, 1.54) is 0 Å². The van der Waals surface area contributed by atoms with Crippen LogP contribution in [0.15, 0.2) is 18.2 Å². The monoisotopic (exact) mass is 469 g/mol. The van der Waals surface area contributed by atoms with E-state index < -0.39 is 8.07 Å². The molecule has 0 radical (unpaired) electrons. The van der Waals surface area contributed by atoms with Crippen LogP contribution in [-0.2, 0) is 35.8 Å². The number of pyridine rings is 1. The molecular weight excluding hydrogens is 430 g/mol. The van der Waals surface area contributed by atoms with E-state index in [0.717, 1.165) is 73.3 Å². The Balaban J connectivity index is 1.61. The zero-order valence-electron chi connectivity index (χ0n) is 20.9. The Morgan fingerprint density at radius 2 is 1.97 bits per heavy atom. The fourth-order valence-corrected chi connectivity index (χ4v) is 5.34. The number of nitrogens with one attached hydrogen (secondary N) is 1. The Labute approximate surface area is 198 Å². The molecule has 1 N–H and O–H groups in total. The fourth-order valence-electron chi connectivity index (χ4n) is 4.58. The van der Waals surface area contributed by atoms with Crippen molar-refractivity contribution in [1.82, 2.24) is 19.7 Å². The molecule has 0 fully saturated rings. The second kappa shape index (κ2) is 9.58. The average molecular weight is 470 g/mol. The van der Waals surface area contributed by atoms with E-state index in [1.54, 1.807) is 0 Å². The van der Waals surface area contributed by atoms with Gasteiger partial charge in [0.2, 0.25) is 5.91 Å². The normalized spacial score (nSPS) is 18.6. The molecule has 0 spiro atoms. The second-order valence-electron chi connectivity index (χ2n) is 11.4. The van der Waals surface area contributed by atoms with Gasteiger partial charge in [-0.25, -0.2) is 9.67 Å². The van der Waals surface area contributed by atoms with Gasteiger partial charge >= 0.3 is 0 Å². The van der Waals surface area contributed by atoms with Gasteiger partial charge in [-0.1, -0.05) is 52.4 Å². The predicted octanol–water partition coefficient (Wildman–Crippen LogP) is 5.32. The lowest BCUT2D eigenvalue weighted by Crippen LogP contribution is -2.38. The summed E-state index contributed by atoms with van der Waals surface area (Å²) in [6.45, 7) is 13.6. The van der Waals surface area contributed by atoms with Crippen molar-refractivity contribution in [2.75, 3.05) is 11.9 Å². The smallest absolute Gasteiger partial charge is 0.228 e. The predicted molar refractivity (Wildman–Crippen MR) is 134 cm³/mol. The third-order valence-corrected chi connectivity index (χ3v) is 8.42. The van der Waals surface area contributed by atoms with Crippen LogP contribution < -0.4 is 5.32 Å². The maximum Gasteiger partial charge on any atom is 0.228 e. The van der Waals surface area contributed by atoms with E-state index in [-0.39, 0.29) is 11.3 Å². The molecule has 4 bridgehead atoms. The molecule has 33 heavy (non-hydrogen) atoms. The van der Waals surface area contributed by atoms with Crippen LogP contribution in [0.25, 0.3) is 0 Å². The lowest BCUT2D eigenvalue weighted by molar-refractivity contribution is -0.141. The highest BCUT2D eigenvalue weighted by Crippen LogP contribution is 2.35. The SMILES string of the molecule is CC1(C)CCCCCc2cccc(n2)Nc2nn(COCC[Si](C)(C)C)c3c2CN(C3)C1=O. The molecular formula is C25H39N5O2Si. The number of ether oxygens (including phenoxy) is 1. The number of aryl methyl sites for hydroxylation is 1.